The van der Waals surface area contributed by atoms with E-state index in [4.69, 9.17) is 0 Å². The van der Waals surface area contributed by atoms with Gasteiger partial charge < -0.3 is 9.80 Å². The number of para-hydroxylation sites is 5. The fourth-order valence-electron chi connectivity index (χ4n) is 10.3. The molecule has 0 atom stereocenters. The Morgan fingerprint density at radius 1 is 0.294 bits per heavy atom. The SMILES string of the molecule is c1ccc(-c2ccc(N(c3ccc(-c4ccc5c(c4)c4c(n5-c5ccccc5)N(c5ccccc5)c5ccccc5N4c4ccccc4)cc3)c3cc4ccccc4c4ccccc34)cc2)cc1. The van der Waals surface area contributed by atoms with Crippen molar-refractivity contribution in [3.63, 3.8) is 0 Å². The topological polar surface area (TPSA) is 14.7 Å². The fraction of sp³-hybridized carbons (Fsp3) is 0. The Hall–Kier alpha value is -9.12. The molecular weight excluding hydrogens is 825 g/mol. The number of rotatable bonds is 8. The van der Waals surface area contributed by atoms with E-state index in [9.17, 15) is 0 Å². The molecule has 320 valence electrons. The van der Waals surface area contributed by atoms with Gasteiger partial charge in [-0.3, -0.25) is 9.47 Å². The standard InChI is InChI=1S/C64H44N4/c1-5-19-45(20-6-1)46-33-38-53(39-34-46)65(62-44-49-21-13-14-28-55(49)56-29-15-16-30-57(56)62)54-40-35-47(36-41-54)48-37-42-59-58(43-48)63-64(67(59)51-24-9-3-10-25-51)68(52-26-11-4-12-27-52)61-32-18-17-31-60(61)66(63)50-22-7-2-8-23-50/h1-44H. The van der Waals surface area contributed by atoms with Gasteiger partial charge in [-0.1, -0.05) is 176 Å². The molecule has 68 heavy (non-hydrogen) atoms. The molecule has 1 aromatic heterocycles. The summed E-state index contributed by atoms with van der Waals surface area (Å²) in [6.07, 6.45) is 0. The van der Waals surface area contributed by atoms with E-state index in [1.54, 1.807) is 0 Å². The minimum atomic E-state index is 1.08. The third kappa shape index (κ3) is 6.53. The molecule has 0 radical (unpaired) electrons. The monoisotopic (exact) mass is 868 g/mol. The Morgan fingerprint density at radius 2 is 0.750 bits per heavy atom. The van der Waals surface area contributed by atoms with Gasteiger partial charge in [0.2, 0.25) is 0 Å². The summed E-state index contributed by atoms with van der Waals surface area (Å²) in [6, 6.07) is 96.7. The van der Waals surface area contributed by atoms with Crippen LogP contribution in [0.5, 0.6) is 0 Å². The van der Waals surface area contributed by atoms with Gasteiger partial charge in [0.1, 0.15) is 5.82 Å². The van der Waals surface area contributed by atoms with E-state index < -0.39 is 0 Å². The van der Waals surface area contributed by atoms with Crippen molar-refractivity contribution < 1.29 is 0 Å². The van der Waals surface area contributed by atoms with Gasteiger partial charge in [-0.15, -0.1) is 0 Å². The molecule has 13 rings (SSSR count). The number of aromatic nitrogens is 1. The van der Waals surface area contributed by atoms with Gasteiger partial charge in [0.25, 0.3) is 0 Å². The molecule has 0 saturated carbocycles. The van der Waals surface area contributed by atoms with Gasteiger partial charge in [0.05, 0.1) is 28.3 Å². The largest absolute Gasteiger partial charge is 0.310 e. The first-order valence-electron chi connectivity index (χ1n) is 23.3. The fourth-order valence-corrected chi connectivity index (χ4v) is 10.3. The number of benzene rings is 11. The third-order valence-electron chi connectivity index (χ3n) is 13.4. The van der Waals surface area contributed by atoms with Crippen LogP contribution in [0.25, 0.3) is 60.4 Å². The molecule has 0 bridgehead atoms. The maximum absolute atomic E-state index is 2.45. The van der Waals surface area contributed by atoms with Gasteiger partial charge in [-0.05, 0) is 129 Å². The van der Waals surface area contributed by atoms with Crippen LogP contribution >= 0.6 is 0 Å². The Kier molecular flexibility index (Phi) is 9.47. The van der Waals surface area contributed by atoms with Crippen molar-refractivity contribution >= 4 is 83.8 Å². The van der Waals surface area contributed by atoms with Crippen molar-refractivity contribution in [1.29, 1.82) is 0 Å². The summed E-state index contributed by atoms with van der Waals surface area (Å²) in [5, 5.41) is 6.06. The lowest BCUT2D eigenvalue weighted by molar-refractivity contribution is 1.05. The van der Waals surface area contributed by atoms with Crippen LogP contribution in [0.4, 0.5) is 51.3 Å². The summed E-state index contributed by atoms with van der Waals surface area (Å²) in [5.41, 5.74) is 15.8. The summed E-state index contributed by atoms with van der Waals surface area (Å²) < 4.78 is 2.44. The van der Waals surface area contributed by atoms with Crippen LogP contribution in [0, 0.1) is 0 Å². The second kappa shape index (κ2) is 16.4. The predicted molar refractivity (Wildman–Crippen MR) is 287 cm³/mol. The lowest BCUT2D eigenvalue weighted by atomic mass is 9.98. The zero-order valence-electron chi connectivity index (χ0n) is 37.2. The van der Waals surface area contributed by atoms with E-state index in [1.165, 1.54) is 32.7 Å². The Morgan fingerprint density at radius 3 is 1.38 bits per heavy atom. The Labute approximate surface area is 396 Å². The van der Waals surface area contributed by atoms with E-state index in [0.717, 1.165) is 79.0 Å². The van der Waals surface area contributed by atoms with Crippen LogP contribution in [0.3, 0.4) is 0 Å². The van der Waals surface area contributed by atoms with Gasteiger partial charge >= 0.3 is 0 Å². The van der Waals surface area contributed by atoms with Crippen LogP contribution in [0.1, 0.15) is 0 Å². The molecule has 12 aromatic rings. The highest BCUT2D eigenvalue weighted by molar-refractivity contribution is 6.16. The third-order valence-corrected chi connectivity index (χ3v) is 13.4. The molecule has 2 heterocycles. The van der Waals surface area contributed by atoms with E-state index in [2.05, 4.69) is 286 Å². The minimum absolute atomic E-state index is 1.08. The summed E-state index contributed by atoms with van der Waals surface area (Å²) in [6.45, 7) is 0. The van der Waals surface area contributed by atoms with E-state index in [0.29, 0.717) is 0 Å². The summed E-state index contributed by atoms with van der Waals surface area (Å²) >= 11 is 0. The molecule has 0 unspecified atom stereocenters. The van der Waals surface area contributed by atoms with Gasteiger partial charge in [-0.2, -0.15) is 0 Å². The predicted octanol–water partition coefficient (Wildman–Crippen LogP) is 18.0. The maximum Gasteiger partial charge on any atom is 0.148 e. The average Bonchev–Trinajstić information content (AvgIpc) is 3.75. The van der Waals surface area contributed by atoms with Crippen LogP contribution < -0.4 is 14.7 Å². The molecule has 0 aliphatic carbocycles. The highest BCUT2D eigenvalue weighted by atomic mass is 15.3. The summed E-state index contributed by atoms with van der Waals surface area (Å²) in [4.78, 5) is 7.30. The van der Waals surface area contributed by atoms with Crippen molar-refractivity contribution in [2.75, 3.05) is 14.7 Å². The molecule has 0 fully saturated rings. The molecule has 4 heteroatoms. The van der Waals surface area contributed by atoms with Crippen LogP contribution in [-0.2, 0) is 0 Å². The van der Waals surface area contributed by atoms with Crippen molar-refractivity contribution in [2.45, 2.75) is 0 Å². The molecule has 0 saturated heterocycles. The first-order chi connectivity index (χ1) is 33.8. The first-order valence-corrected chi connectivity index (χ1v) is 23.3. The second-order valence-corrected chi connectivity index (χ2v) is 17.4. The molecule has 0 N–H and O–H groups in total. The molecule has 4 nitrogen and oxygen atoms in total. The van der Waals surface area contributed by atoms with Crippen LogP contribution in [0.2, 0.25) is 0 Å². The van der Waals surface area contributed by atoms with Crippen molar-refractivity contribution in [1.82, 2.24) is 4.57 Å². The quantitative estimate of drug-likeness (QED) is 0.141. The smallest absolute Gasteiger partial charge is 0.148 e. The van der Waals surface area contributed by atoms with Crippen molar-refractivity contribution in [3.8, 4) is 27.9 Å². The molecular formula is C64H44N4. The first kappa shape index (κ1) is 39.3. The Balaban J connectivity index is 1.000. The number of hydrogen-bond acceptors (Lipinski definition) is 3. The zero-order valence-corrected chi connectivity index (χ0v) is 37.2. The number of anilines is 9. The lowest BCUT2D eigenvalue weighted by Gasteiger charge is -2.39. The van der Waals surface area contributed by atoms with E-state index in [-0.39, 0.29) is 0 Å². The Bertz CT molecular complexity index is 3770. The van der Waals surface area contributed by atoms with Gasteiger partial charge in [0, 0.05) is 39.2 Å². The zero-order chi connectivity index (χ0) is 45.0. The van der Waals surface area contributed by atoms with E-state index >= 15 is 0 Å². The molecule has 1 aliphatic rings. The molecule has 0 spiro atoms. The highest BCUT2D eigenvalue weighted by Gasteiger charge is 2.36. The normalized spacial score (nSPS) is 12.1. The molecule has 11 aromatic carbocycles. The van der Waals surface area contributed by atoms with Crippen LogP contribution in [-0.4, -0.2) is 4.57 Å². The van der Waals surface area contributed by atoms with Crippen molar-refractivity contribution in [2.24, 2.45) is 0 Å². The number of fused-ring (bicyclic) bond motifs is 7. The maximum atomic E-state index is 2.45. The van der Waals surface area contributed by atoms with Gasteiger partial charge in [-0.25, -0.2) is 0 Å². The molecule has 1 aliphatic heterocycles. The number of hydrogen-bond donors (Lipinski definition) is 0. The highest BCUT2D eigenvalue weighted by Crippen LogP contribution is 2.58. The summed E-state index contributed by atoms with van der Waals surface area (Å²) in [5.74, 6) is 1.09. The second-order valence-electron chi connectivity index (χ2n) is 17.4. The summed E-state index contributed by atoms with van der Waals surface area (Å²) in [7, 11) is 0. The van der Waals surface area contributed by atoms with Crippen LogP contribution in [0.15, 0.2) is 267 Å². The van der Waals surface area contributed by atoms with E-state index in [1.807, 2.05) is 0 Å². The lowest BCUT2D eigenvalue weighted by Crippen LogP contribution is -2.25. The number of nitrogens with zero attached hydrogens (tertiary/aromatic N) is 4. The molecule has 0 amide bonds. The van der Waals surface area contributed by atoms with Gasteiger partial charge in [0.15, 0.2) is 0 Å². The minimum Gasteiger partial charge on any atom is -0.310 e. The average molecular weight is 869 g/mol. The van der Waals surface area contributed by atoms with Crippen molar-refractivity contribution in [3.05, 3.63) is 267 Å².